The molecule has 5 heteroatoms. The van der Waals surface area contributed by atoms with E-state index in [2.05, 4.69) is 10.6 Å². The van der Waals surface area contributed by atoms with E-state index in [0.29, 0.717) is 18.2 Å². The fraction of sp³-hybridized carbons (Fsp3) is 0.400. The molecular weight excluding hydrogens is 276 g/mol. The monoisotopic (exact) mass is 294 g/mol. The molecule has 3 rings (SSSR count). The number of carbonyl (C=O) groups excluding carboxylic acids is 1. The molecule has 1 aliphatic heterocycles. The maximum absolute atomic E-state index is 12.0. The summed E-state index contributed by atoms with van der Waals surface area (Å²) in [6.07, 6.45) is 2.36. The summed E-state index contributed by atoms with van der Waals surface area (Å²) >= 11 is 0. The Balaban J connectivity index is 0.00000147. The zero-order valence-corrected chi connectivity index (χ0v) is 12.0. The lowest BCUT2D eigenvalue weighted by Gasteiger charge is -2.22. The van der Waals surface area contributed by atoms with Crippen LogP contribution in [-0.2, 0) is 0 Å². The summed E-state index contributed by atoms with van der Waals surface area (Å²) in [5.41, 5.74) is 0.756. The van der Waals surface area contributed by atoms with Crippen LogP contribution in [0.4, 0.5) is 0 Å². The number of halogens is 1. The predicted molar refractivity (Wildman–Crippen MR) is 81.4 cm³/mol. The van der Waals surface area contributed by atoms with Crippen molar-refractivity contribution in [3.05, 3.63) is 36.1 Å². The highest BCUT2D eigenvalue weighted by Gasteiger charge is 2.16. The van der Waals surface area contributed by atoms with Crippen LogP contribution in [-0.4, -0.2) is 25.5 Å². The van der Waals surface area contributed by atoms with Gasteiger partial charge in [0.1, 0.15) is 5.58 Å². The summed E-state index contributed by atoms with van der Waals surface area (Å²) in [5, 5.41) is 7.27. The molecule has 1 unspecified atom stereocenters. The maximum atomic E-state index is 12.0. The predicted octanol–water partition coefficient (Wildman–Crippen LogP) is 2.58. The fourth-order valence-electron chi connectivity index (χ4n) is 2.52. The number of amides is 1. The number of hydrogen-bond donors (Lipinski definition) is 2. The first-order valence-corrected chi connectivity index (χ1v) is 6.80. The SMILES string of the molecule is Cl.O=C(NCC1CCCNC1)c1cc2ccccc2o1. The molecule has 1 aromatic heterocycles. The van der Waals surface area contributed by atoms with Crippen LogP contribution in [0.25, 0.3) is 11.0 Å². The van der Waals surface area contributed by atoms with Crippen LogP contribution in [0.3, 0.4) is 0 Å². The lowest BCUT2D eigenvalue weighted by atomic mass is 10.00. The van der Waals surface area contributed by atoms with Gasteiger partial charge in [-0.1, -0.05) is 18.2 Å². The van der Waals surface area contributed by atoms with Crippen molar-refractivity contribution >= 4 is 29.3 Å². The summed E-state index contributed by atoms with van der Waals surface area (Å²) in [7, 11) is 0. The van der Waals surface area contributed by atoms with Crippen LogP contribution in [0.1, 0.15) is 23.4 Å². The summed E-state index contributed by atoms with van der Waals surface area (Å²) in [5.74, 6) is 0.800. The normalized spacial score (nSPS) is 18.5. The largest absolute Gasteiger partial charge is 0.451 e. The van der Waals surface area contributed by atoms with E-state index in [1.807, 2.05) is 24.3 Å². The van der Waals surface area contributed by atoms with Crippen LogP contribution in [0.2, 0.25) is 0 Å². The van der Waals surface area contributed by atoms with Crippen molar-refractivity contribution in [1.29, 1.82) is 0 Å². The van der Waals surface area contributed by atoms with Gasteiger partial charge < -0.3 is 15.1 Å². The third kappa shape index (κ3) is 3.32. The second-order valence-corrected chi connectivity index (χ2v) is 5.07. The average molecular weight is 295 g/mol. The van der Waals surface area contributed by atoms with Gasteiger partial charge >= 0.3 is 0 Å². The molecule has 2 aromatic rings. The minimum atomic E-state index is -0.123. The van der Waals surface area contributed by atoms with Gasteiger partial charge in [0.05, 0.1) is 0 Å². The van der Waals surface area contributed by atoms with Gasteiger partial charge in [0.15, 0.2) is 5.76 Å². The first kappa shape index (κ1) is 14.9. The van der Waals surface area contributed by atoms with Crippen LogP contribution in [0.15, 0.2) is 34.7 Å². The van der Waals surface area contributed by atoms with Gasteiger partial charge in [-0.15, -0.1) is 12.4 Å². The van der Waals surface area contributed by atoms with Gasteiger partial charge in [-0.25, -0.2) is 0 Å². The summed E-state index contributed by atoms with van der Waals surface area (Å²) < 4.78 is 5.54. The second-order valence-electron chi connectivity index (χ2n) is 5.07. The Bertz CT molecular complexity index is 543. The molecule has 2 heterocycles. The van der Waals surface area contributed by atoms with Crippen LogP contribution in [0.5, 0.6) is 0 Å². The molecule has 1 amide bonds. The van der Waals surface area contributed by atoms with Gasteiger partial charge in [0.25, 0.3) is 5.91 Å². The van der Waals surface area contributed by atoms with Gasteiger partial charge in [-0.05, 0) is 44.0 Å². The number of rotatable bonds is 3. The highest BCUT2D eigenvalue weighted by atomic mass is 35.5. The molecule has 1 aliphatic rings. The van der Waals surface area contributed by atoms with E-state index in [0.717, 1.165) is 24.1 Å². The second kappa shape index (κ2) is 6.77. The molecule has 0 bridgehead atoms. The lowest BCUT2D eigenvalue weighted by Crippen LogP contribution is -2.38. The minimum absolute atomic E-state index is 0. The number of hydrogen-bond acceptors (Lipinski definition) is 3. The number of fused-ring (bicyclic) bond motifs is 1. The number of piperidine rings is 1. The van der Waals surface area contributed by atoms with Gasteiger partial charge in [0, 0.05) is 11.9 Å². The van der Waals surface area contributed by atoms with Crippen molar-refractivity contribution in [2.24, 2.45) is 5.92 Å². The average Bonchev–Trinajstić information content (AvgIpc) is 2.90. The molecule has 0 spiro atoms. The van der Waals surface area contributed by atoms with Crippen LogP contribution < -0.4 is 10.6 Å². The Morgan fingerprint density at radius 2 is 2.25 bits per heavy atom. The van der Waals surface area contributed by atoms with Crippen molar-refractivity contribution in [1.82, 2.24) is 10.6 Å². The summed E-state index contributed by atoms with van der Waals surface area (Å²) in [6, 6.07) is 9.45. The Labute approximate surface area is 124 Å². The Kier molecular flexibility index (Phi) is 5.04. The molecule has 1 fully saturated rings. The first-order chi connectivity index (χ1) is 9.33. The van der Waals surface area contributed by atoms with E-state index in [9.17, 15) is 4.79 Å². The zero-order valence-electron chi connectivity index (χ0n) is 11.2. The van der Waals surface area contributed by atoms with E-state index < -0.39 is 0 Å². The Morgan fingerprint density at radius 1 is 1.40 bits per heavy atom. The van der Waals surface area contributed by atoms with E-state index in [1.54, 1.807) is 6.07 Å². The molecule has 1 atom stereocenters. The number of para-hydroxylation sites is 1. The van der Waals surface area contributed by atoms with Crippen molar-refractivity contribution in [3.8, 4) is 0 Å². The van der Waals surface area contributed by atoms with Crippen molar-refractivity contribution < 1.29 is 9.21 Å². The third-order valence-electron chi connectivity index (χ3n) is 3.60. The number of nitrogens with one attached hydrogen (secondary N) is 2. The van der Waals surface area contributed by atoms with Crippen LogP contribution in [0, 0.1) is 5.92 Å². The standard InChI is InChI=1S/C15H18N2O2.ClH/c18-15(17-10-11-4-3-7-16-9-11)14-8-12-5-1-2-6-13(12)19-14;/h1-2,5-6,8,11,16H,3-4,7,9-10H2,(H,17,18);1H. The van der Waals surface area contributed by atoms with Crippen molar-refractivity contribution in [2.75, 3.05) is 19.6 Å². The molecule has 1 aromatic carbocycles. The fourth-order valence-corrected chi connectivity index (χ4v) is 2.52. The summed E-state index contributed by atoms with van der Waals surface area (Å²) in [6.45, 7) is 2.79. The van der Waals surface area contributed by atoms with Gasteiger partial charge in [-0.2, -0.15) is 0 Å². The molecule has 4 nitrogen and oxygen atoms in total. The topological polar surface area (TPSA) is 54.3 Å². The van der Waals surface area contributed by atoms with Gasteiger partial charge in [0.2, 0.25) is 0 Å². The Morgan fingerprint density at radius 3 is 3.00 bits per heavy atom. The molecule has 20 heavy (non-hydrogen) atoms. The molecule has 0 aliphatic carbocycles. The molecule has 0 saturated carbocycles. The molecule has 0 radical (unpaired) electrons. The zero-order chi connectivity index (χ0) is 13.1. The van der Waals surface area contributed by atoms with E-state index >= 15 is 0 Å². The summed E-state index contributed by atoms with van der Waals surface area (Å²) in [4.78, 5) is 12.0. The quantitative estimate of drug-likeness (QED) is 0.915. The third-order valence-corrected chi connectivity index (χ3v) is 3.60. The molecular formula is C15H19ClN2O2. The highest BCUT2D eigenvalue weighted by molar-refractivity contribution is 5.96. The van der Waals surface area contributed by atoms with E-state index in [-0.39, 0.29) is 18.3 Å². The molecule has 1 saturated heterocycles. The smallest absolute Gasteiger partial charge is 0.287 e. The van der Waals surface area contributed by atoms with E-state index in [4.69, 9.17) is 4.42 Å². The van der Waals surface area contributed by atoms with Gasteiger partial charge in [-0.3, -0.25) is 4.79 Å². The number of furan rings is 1. The lowest BCUT2D eigenvalue weighted by molar-refractivity contribution is 0.0919. The number of carbonyl (C=O) groups is 1. The van der Waals surface area contributed by atoms with Crippen molar-refractivity contribution in [3.63, 3.8) is 0 Å². The minimum Gasteiger partial charge on any atom is -0.451 e. The molecule has 2 N–H and O–H groups in total. The Hall–Kier alpha value is -1.52. The van der Waals surface area contributed by atoms with Crippen LogP contribution >= 0.6 is 12.4 Å². The van der Waals surface area contributed by atoms with E-state index in [1.165, 1.54) is 12.8 Å². The first-order valence-electron chi connectivity index (χ1n) is 6.80. The number of benzene rings is 1. The van der Waals surface area contributed by atoms with Crippen molar-refractivity contribution in [2.45, 2.75) is 12.8 Å². The maximum Gasteiger partial charge on any atom is 0.287 e. The molecule has 108 valence electrons. The highest BCUT2D eigenvalue weighted by Crippen LogP contribution is 2.18.